The van der Waals surface area contributed by atoms with Crippen molar-refractivity contribution in [3.05, 3.63) is 23.8 Å². The average molecular weight is 623 g/mol. The molecule has 2 N–H and O–H groups in total. The molecule has 2 aliphatic carbocycles. The molecule has 1 saturated carbocycles. The molecule has 4 aliphatic rings. The van der Waals surface area contributed by atoms with Gasteiger partial charge < -0.3 is 38.6 Å². The molecule has 1 spiro atoms. The van der Waals surface area contributed by atoms with E-state index in [1.54, 1.807) is 6.92 Å². The second-order valence-electron chi connectivity index (χ2n) is 12.8. The minimum atomic E-state index is -2.22. The van der Waals surface area contributed by atoms with Crippen molar-refractivity contribution in [2.45, 2.75) is 103 Å². The number of esters is 5. The Bertz CT molecular complexity index is 1250. The Kier molecular flexibility index (Phi) is 9.35. The highest BCUT2D eigenvalue weighted by Crippen LogP contribution is 2.62. The van der Waals surface area contributed by atoms with Gasteiger partial charge in [-0.1, -0.05) is 26.8 Å². The first kappa shape index (κ1) is 33.6. The van der Waals surface area contributed by atoms with Crippen LogP contribution in [-0.2, 0) is 52.4 Å². The van der Waals surface area contributed by atoms with Crippen molar-refractivity contribution < 1.29 is 62.6 Å². The molecule has 2 aliphatic heterocycles. The number of fused-ring (bicyclic) bond motifs is 3. The van der Waals surface area contributed by atoms with Gasteiger partial charge in [0.1, 0.15) is 30.0 Å². The van der Waals surface area contributed by atoms with Crippen LogP contribution in [0.2, 0.25) is 0 Å². The SMILES string of the molecule is CC(=O)O[C@H]1C[C@]2(CO2)[C@@H]2[C@H](OC(C)=O)[C@@]3(O)[C@H](/C=C(CO)\C=C/[C@H](OC(=O)CC(C)C)[C@@]2(C)[C@H]1OC(C)=O)OC(=O)[C@@H]3C. The first-order valence-corrected chi connectivity index (χ1v) is 14.8. The summed E-state index contributed by atoms with van der Waals surface area (Å²) >= 11 is 0. The lowest BCUT2D eigenvalue weighted by molar-refractivity contribution is -0.255. The number of hydrogen-bond acceptors (Lipinski definition) is 13. The van der Waals surface area contributed by atoms with Crippen LogP contribution in [-0.4, -0.2) is 95.0 Å². The highest BCUT2D eigenvalue weighted by atomic mass is 16.6. The lowest BCUT2D eigenvalue weighted by atomic mass is 9.52. The minimum absolute atomic E-state index is 0.0272. The number of carbonyl (C=O) groups excluding carboxylic acids is 5. The highest BCUT2D eigenvalue weighted by molar-refractivity contribution is 5.78. The third-order valence-corrected chi connectivity index (χ3v) is 9.14. The van der Waals surface area contributed by atoms with Crippen LogP contribution >= 0.6 is 0 Å². The molecular formula is C31H42O13. The zero-order chi connectivity index (χ0) is 32.8. The summed E-state index contributed by atoms with van der Waals surface area (Å²) in [6.45, 7) is 9.72. The summed E-state index contributed by atoms with van der Waals surface area (Å²) in [6.07, 6.45) is -2.32. The largest absolute Gasteiger partial charge is 0.459 e. The maximum Gasteiger partial charge on any atom is 0.312 e. The van der Waals surface area contributed by atoms with Gasteiger partial charge in [0.25, 0.3) is 0 Å². The van der Waals surface area contributed by atoms with E-state index in [2.05, 4.69) is 0 Å². The van der Waals surface area contributed by atoms with Crippen molar-refractivity contribution >= 4 is 29.8 Å². The van der Waals surface area contributed by atoms with E-state index in [0.29, 0.717) is 0 Å². The van der Waals surface area contributed by atoms with Gasteiger partial charge in [0.2, 0.25) is 0 Å². The second kappa shape index (κ2) is 12.2. The fraction of sp³-hybridized carbons (Fsp3) is 0.710. The topological polar surface area (TPSA) is 184 Å². The Hall–Kier alpha value is -3.29. The van der Waals surface area contributed by atoms with Crippen molar-refractivity contribution in [1.29, 1.82) is 0 Å². The predicted molar refractivity (Wildman–Crippen MR) is 149 cm³/mol. The first-order valence-electron chi connectivity index (χ1n) is 14.8. The fourth-order valence-corrected chi connectivity index (χ4v) is 7.15. The first-order chi connectivity index (χ1) is 20.5. The molecule has 0 aromatic carbocycles. The molecule has 2 saturated heterocycles. The third kappa shape index (κ3) is 6.01. The molecule has 3 fully saturated rings. The monoisotopic (exact) mass is 622 g/mol. The van der Waals surface area contributed by atoms with E-state index in [-0.39, 0.29) is 30.9 Å². The molecule has 10 atom stereocenters. The Balaban J connectivity index is 2.07. The minimum Gasteiger partial charge on any atom is -0.459 e. The molecule has 0 amide bonds. The smallest absolute Gasteiger partial charge is 0.312 e. The maximum absolute atomic E-state index is 13.3. The van der Waals surface area contributed by atoms with Crippen LogP contribution in [0.15, 0.2) is 23.8 Å². The van der Waals surface area contributed by atoms with Gasteiger partial charge >= 0.3 is 29.8 Å². The van der Waals surface area contributed by atoms with Crippen LogP contribution in [0.1, 0.15) is 61.3 Å². The average Bonchev–Trinajstić information content (AvgIpc) is 3.63. The number of ether oxygens (including phenoxy) is 6. The Morgan fingerprint density at radius 1 is 1.02 bits per heavy atom. The van der Waals surface area contributed by atoms with Gasteiger partial charge in [0, 0.05) is 39.5 Å². The van der Waals surface area contributed by atoms with Crippen molar-refractivity contribution in [3.8, 4) is 0 Å². The Morgan fingerprint density at radius 3 is 2.14 bits per heavy atom. The number of aliphatic hydroxyl groups is 2. The van der Waals surface area contributed by atoms with E-state index in [1.165, 1.54) is 39.0 Å². The zero-order valence-electron chi connectivity index (χ0n) is 26.1. The molecule has 44 heavy (non-hydrogen) atoms. The molecule has 0 unspecified atom stereocenters. The van der Waals surface area contributed by atoms with E-state index in [9.17, 15) is 34.2 Å². The van der Waals surface area contributed by atoms with Gasteiger partial charge in [-0.25, -0.2) is 0 Å². The van der Waals surface area contributed by atoms with Gasteiger partial charge in [0.15, 0.2) is 11.7 Å². The van der Waals surface area contributed by atoms with Crippen LogP contribution in [0.3, 0.4) is 0 Å². The summed E-state index contributed by atoms with van der Waals surface area (Å²) in [5, 5.41) is 22.8. The van der Waals surface area contributed by atoms with Gasteiger partial charge in [-0.15, -0.1) is 0 Å². The van der Waals surface area contributed by atoms with E-state index in [4.69, 9.17) is 28.4 Å². The predicted octanol–water partition coefficient (Wildman–Crippen LogP) is 1.32. The van der Waals surface area contributed by atoms with Crippen LogP contribution in [0.5, 0.6) is 0 Å². The van der Waals surface area contributed by atoms with E-state index >= 15 is 0 Å². The quantitative estimate of drug-likeness (QED) is 0.236. The van der Waals surface area contributed by atoms with E-state index in [1.807, 2.05) is 13.8 Å². The normalized spacial score (nSPS) is 41.3. The molecule has 0 aromatic rings. The van der Waals surface area contributed by atoms with Gasteiger partial charge in [0.05, 0.1) is 24.5 Å². The van der Waals surface area contributed by atoms with Crippen LogP contribution in [0.25, 0.3) is 0 Å². The summed E-state index contributed by atoms with van der Waals surface area (Å²) in [5.74, 6) is -6.02. The fourth-order valence-electron chi connectivity index (χ4n) is 7.15. The molecule has 2 heterocycles. The number of epoxide rings is 1. The standard InChI is InChI=1S/C31H42O13/c1-15(2)10-24(36)43-22-9-8-20(13-32)11-23-31(38,16(3)28(37)44-23)27(42-19(6)35)25-29(22,7)26(41-18(5)34)21(40-17(4)33)12-30(25)14-39-30/h8-9,11,15-16,21-23,25-27,32,38H,10,12-14H2,1-7H3/b9-8-,20-11+/t16-,21-,22-,23-,25+,26-,27-,29+,30-,31-/m0/s1. The van der Waals surface area contributed by atoms with Gasteiger partial charge in [-0.3, -0.25) is 24.0 Å². The summed E-state index contributed by atoms with van der Waals surface area (Å²) in [7, 11) is 0. The third-order valence-electron chi connectivity index (χ3n) is 9.14. The lowest BCUT2D eigenvalue weighted by Gasteiger charge is -2.57. The van der Waals surface area contributed by atoms with E-state index in [0.717, 1.165) is 6.92 Å². The van der Waals surface area contributed by atoms with Crippen molar-refractivity contribution in [2.24, 2.45) is 23.2 Å². The van der Waals surface area contributed by atoms with Crippen LogP contribution < -0.4 is 0 Å². The molecule has 0 bridgehead atoms. The molecule has 244 valence electrons. The maximum atomic E-state index is 13.3. The summed E-state index contributed by atoms with van der Waals surface area (Å²) < 4.78 is 35.2. The van der Waals surface area contributed by atoms with Gasteiger partial charge in [-0.05, 0) is 30.6 Å². The summed E-state index contributed by atoms with van der Waals surface area (Å²) in [6, 6.07) is 0. The number of hydrogen-bond donors (Lipinski definition) is 2. The van der Waals surface area contributed by atoms with Crippen molar-refractivity contribution in [1.82, 2.24) is 0 Å². The lowest BCUT2D eigenvalue weighted by Crippen LogP contribution is -2.71. The Morgan fingerprint density at radius 2 is 1.61 bits per heavy atom. The summed E-state index contributed by atoms with van der Waals surface area (Å²) in [4.78, 5) is 64.0. The number of rotatable bonds is 7. The molecular weight excluding hydrogens is 580 g/mol. The molecule has 0 aromatic heterocycles. The van der Waals surface area contributed by atoms with Crippen molar-refractivity contribution in [2.75, 3.05) is 13.2 Å². The van der Waals surface area contributed by atoms with Crippen LogP contribution in [0, 0.1) is 23.2 Å². The highest BCUT2D eigenvalue weighted by Gasteiger charge is 2.77. The van der Waals surface area contributed by atoms with Crippen LogP contribution in [0.4, 0.5) is 0 Å². The second-order valence-corrected chi connectivity index (χ2v) is 12.8. The Labute approximate surface area is 255 Å². The number of carbonyl (C=O) groups is 5. The molecule has 0 radical (unpaired) electrons. The molecule has 13 nitrogen and oxygen atoms in total. The van der Waals surface area contributed by atoms with Crippen molar-refractivity contribution in [3.63, 3.8) is 0 Å². The summed E-state index contributed by atoms with van der Waals surface area (Å²) in [5.41, 5.74) is -4.90. The zero-order valence-corrected chi connectivity index (χ0v) is 26.1. The molecule has 4 rings (SSSR count). The molecule has 13 heteroatoms. The number of aliphatic hydroxyl groups excluding tert-OH is 1. The van der Waals surface area contributed by atoms with E-state index < -0.39 is 95.4 Å². The van der Waals surface area contributed by atoms with Gasteiger partial charge in [-0.2, -0.15) is 0 Å².